The number of pyridine rings is 1. The van der Waals surface area contributed by atoms with Gasteiger partial charge in [-0.3, -0.25) is 14.4 Å². The van der Waals surface area contributed by atoms with Crippen LogP contribution in [0.5, 0.6) is 11.6 Å². The first kappa shape index (κ1) is 40.1. The van der Waals surface area contributed by atoms with Crippen molar-refractivity contribution in [3.8, 4) is 11.6 Å². The minimum atomic E-state index is -1.34. The lowest BCUT2D eigenvalue weighted by Gasteiger charge is -2.42. The van der Waals surface area contributed by atoms with Crippen molar-refractivity contribution in [3.05, 3.63) is 54.6 Å². The molecule has 2 bridgehead atoms. The fraction of sp³-hybridized carbons (Fsp3) is 0.622. The number of alkyl carbamates (subject to hydrolysis) is 1. The monoisotopic (exact) mass is 796 g/mol. The van der Waals surface area contributed by atoms with Crippen LogP contribution in [-0.4, -0.2) is 108 Å². The van der Waals surface area contributed by atoms with Crippen LogP contribution in [0.3, 0.4) is 0 Å². The Morgan fingerprint density at radius 1 is 0.983 bits per heavy atom. The van der Waals surface area contributed by atoms with Crippen LogP contribution in [0.25, 0.3) is 10.9 Å². The van der Waals surface area contributed by atoms with Crippen LogP contribution >= 0.6 is 0 Å². The summed E-state index contributed by atoms with van der Waals surface area (Å²) in [5, 5.41) is 9.63. The largest absolute Gasteiger partial charge is 0.489 e. The number of fused-ring (bicyclic) bond motifs is 5. The van der Waals surface area contributed by atoms with Crippen molar-refractivity contribution in [1.29, 1.82) is 0 Å². The second-order valence-corrected chi connectivity index (χ2v) is 17.5. The minimum Gasteiger partial charge on any atom is -0.489 e. The Morgan fingerprint density at radius 3 is 2.45 bits per heavy atom. The van der Waals surface area contributed by atoms with Gasteiger partial charge in [0.05, 0.1) is 17.6 Å². The van der Waals surface area contributed by atoms with Crippen LogP contribution in [0.4, 0.5) is 4.79 Å². The SMILES string of the molecule is C=CC1C=CC1(NC(=O)C1CC2CN1C(=O)C(C1CCCCC1)NC(=O)OC1CC1CCCCCc1c(nc3ccccc3c1OC1CCN(C)CC1)O2)C(=O)NC. The number of hydrogen-bond donors (Lipinski definition) is 3. The number of nitrogens with zero attached hydrogens (tertiary/aromatic N) is 3. The summed E-state index contributed by atoms with van der Waals surface area (Å²) in [6.45, 7) is 5.91. The van der Waals surface area contributed by atoms with Gasteiger partial charge in [0.15, 0.2) is 0 Å². The third-order valence-electron chi connectivity index (χ3n) is 13.5. The standard InChI is InChI=1S/C45H60N6O7/c1-4-30-19-22-45(30,43(54)46-2)49-40(52)36-26-32-27-51(36)42(53)38(28-13-7-5-8-14-28)48-44(55)58-37-25-29(37)15-9-6-10-17-34-39(56-31-20-23-50(3)24-21-31)33-16-11-12-18-35(33)47-41(34)57-32/h4,11-12,16,18-19,22,28-32,36-38H,1,5-10,13-15,17,20-21,23-27H2,2-3H3,(H,46,54)(H,48,55)(H,49,52). The van der Waals surface area contributed by atoms with Crippen LogP contribution in [-0.2, 0) is 25.5 Å². The molecular weight excluding hydrogens is 737 g/mol. The zero-order valence-corrected chi connectivity index (χ0v) is 34.1. The summed E-state index contributed by atoms with van der Waals surface area (Å²) >= 11 is 0. The molecule has 1 aromatic carbocycles. The Labute approximate surface area is 341 Å². The minimum absolute atomic E-state index is 0.0538. The van der Waals surface area contributed by atoms with Crippen molar-refractivity contribution in [2.75, 3.05) is 33.7 Å². The zero-order valence-electron chi connectivity index (χ0n) is 34.1. The molecule has 3 aliphatic carbocycles. The van der Waals surface area contributed by atoms with Crippen LogP contribution in [0.15, 0.2) is 49.1 Å². The molecule has 312 valence electrons. The van der Waals surface area contributed by atoms with Crippen molar-refractivity contribution in [2.45, 2.75) is 126 Å². The van der Waals surface area contributed by atoms with Gasteiger partial charge in [-0.05, 0) is 82.4 Å². The lowest BCUT2D eigenvalue weighted by atomic mass is 9.73. The maximum atomic E-state index is 15.0. The predicted molar refractivity (Wildman–Crippen MR) is 219 cm³/mol. The molecule has 13 heteroatoms. The molecule has 6 aliphatic rings. The molecule has 7 unspecified atom stereocenters. The maximum absolute atomic E-state index is 15.0. The van der Waals surface area contributed by atoms with E-state index in [4.69, 9.17) is 19.2 Å². The number of carbonyl (C=O) groups is 4. The number of amides is 4. The van der Waals surface area contributed by atoms with Gasteiger partial charge in [-0.1, -0.05) is 62.5 Å². The number of ether oxygens (including phenoxy) is 3. The van der Waals surface area contributed by atoms with Crippen LogP contribution in [0.1, 0.15) is 89.0 Å². The number of carbonyl (C=O) groups excluding carboxylic acids is 4. The molecule has 0 radical (unpaired) electrons. The molecular formula is C45H60N6O7. The second kappa shape index (κ2) is 17.3. The fourth-order valence-corrected chi connectivity index (χ4v) is 9.90. The Kier molecular flexibility index (Phi) is 12.0. The van der Waals surface area contributed by atoms with E-state index >= 15 is 0 Å². The highest BCUT2D eigenvalue weighted by Crippen LogP contribution is 2.42. The molecule has 2 saturated heterocycles. The number of aromatic nitrogens is 1. The number of likely N-dealkylation sites (N-methyl/N-ethyl adjacent to an activating group) is 1. The number of likely N-dealkylation sites (tertiary alicyclic amines) is 1. The lowest BCUT2D eigenvalue weighted by molar-refractivity contribution is -0.143. The van der Waals surface area contributed by atoms with Gasteiger partial charge < -0.3 is 40.0 Å². The Bertz CT molecular complexity index is 1910. The van der Waals surface area contributed by atoms with E-state index in [-0.39, 0.29) is 42.9 Å². The summed E-state index contributed by atoms with van der Waals surface area (Å²) in [6, 6.07) is 6.14. The first-order valence-corrected chi connectivity index (χ1v) is 21.7. The van der Waals surface area contributed by atoms with E-state index in [0.717, 1.165) is 112 Å². The van der Waals surface area contributed by atoms with Crippen molar-refractivity contribution in [2.24, 2.45) is 17.8 Å². The van der Waals surface area contributed by atoms with Gasteiger partial charge in [-0.2, -0.15) is 0 Å². The summed E-state index contributed by atoms with van der Waals surface area (Å²) in [6.07, 6.45) is 15.7. The van der Waals surface area contributed by atoms with Crippen LogP contribution in [0.2, 0.25) is 0 Å². The molecule has 2 aromatic rings. The molecule has 58 heavy (non-hydrogen) atoms. The Morgan fingerprint density at radius 2 is 1.72 bits per heavy atom. The Hall–Kier alpha value is -4.65. The highest BCUT2D eigenvalue weighted by atomic mass is 16.6. The van der Waals surface area contributed by atoms with Crippen LogP contribution < -0.4 is 25.4 Å². The highest BCUT2D eigenvalue weighted by Gasteiger charge is 2.52. The molecule has 4 amide bonds. The van der Waals surface area contributed by atoms with Crippen molar-refractivity contribution in [3.63, 3.8) is 0 Å². The summed E-state index contributed by atoms with van der Waals surface area (Å²) in [5.41, 5.74) is 0.328. The molecule has 4 fully saturated rings. The van der Waals surface area contributed by atoms with Gasteiger partial charge in [0, 0.05) is 37.9 Å². The number of piperidine rings is 1. The molecule has 4 heterocycles. The number of nitrogens with one attached hydrogen (secondary N) is 3. The average Bonchev–Trinajstić information content (AvgIpc) is 3.82. The number of hydrogen-bond acceptors (Lipinski definition) is 9. The molecule has 2 saturated carbocycles. The molecule has 0 spiro atoms. The van der Waals surface area contributed by atoms with Crippen LogP contribution in [0, 0.1) is 17.8 Å². The summed E-state index contributed by atoms with van der Waals surface area (Å²) in [7, 11) is 3.67. The predicted octanol–water partition coefficient (Wildman–Crippen LogP) is 5.21. The van der Waals surface area contributed by atoms with Gasteiger partial charge >= 0.3 is 6.09 Å². The summed E-state index contributed by atoms with van der Waals surface area (Å²) in [5.74, 6) is -0.166. The van der Waals surface area contributed by atoms with Gasteiger partial charge in [0.2, 0.25) is 23.6 Å². The highest BCUT2D eigenvalue weighted by molar-refractivity contribution is 5.99. The molecule has 13 nitrogen and oxygen atoms in total. The molecule has 8 rings (SSSR count). The third kappa shape index (κ3) is 8.28. The van der Waals surface area contributed by atoms with Gasteiger partial charge in [0.25, 0.3) is 0 Å². The molecule has 3 aliphatic heterocycles. The van der Waals surface area contributed by atoms with E-state index in [1.165, 1.54) is 7.05 Å². The first-order chi connectivity index (χ1) is 28.2. The van der Waals surface area contributed by atoms with Gasteiger partial charge in [-0.25, -0.2) is 9.78 Å². The fourth-order valence-electron chi connectivity index (χ4n) is 9.90. The van der Waals surface area contributed by atoms with E-state index < -0.39 is 41.6 Å². The van der Waals surface area contributed by atoms with Crippen molar-refractivity contribution >= 4 is 34.7 Å². The topological polar surface area (TPSA) is 151 Å². The molecule has 7 atom stereocenters. The zero-order chi connectivity index (χ0) is 40.4. The van der Waals surface area contributed by atoms with Crippen molar-refractivity contribution < 1.29 is 33.4 Å². The number of rotatable bonds is 7. The molecule has 1 aromatic heterocycles. The Balaban J connectivity index is 1.17. The average molecular weight is 797 g/mol. The third-order valence-corrected chi connectivity index (χ3v) is 13.5. The maximum Gasteiger partial charge on any atom is 0.408 e. The quantitative estimate of drug-likeness (QED) is 0.321. The first-order valence-electron chi connectivity index (χ1n) is 21.7. The van der Waals surface area contributed by atoms with E-state index in [0.29, 0.717) is 18.2 Å². The van der Waals surface area contributed by atoms with E-state index in [9.17, 15) is 19.2 Å². The van der Waals surface area contributed by atoms with E-state index in [2.05, 4.69) is 40.5 Å². The number of benzene rings is 1. The smallest absolute Gasteiger partial charge is 0.408 e. The van der Waals surface area contributed by atoms with Gasteiger partial charge in [-0.15, -0.1) is 6.58 Å². The normalized spacial score (nSPS) is 31.2. The number of para-hydroxylation sites is 1. The lowest BCUT2D eigenvalue weighted by Crippen LogP contribution is -2.66. The second-order valence-electron chi connectivity index (χ2n) is 17.5. The summed E-state index contributed by atoms with van der Waals surface area (Å²) in [4.78, 5) is 65.4. The van der Waals surface area contributed by atoms with E-state index in [1.807, 2.05) is 24.3 Å². The molecule has 3 N–H and O–H groups in total. The van der Waals surface area contributed by atoms with E-state index in [1.54, 1.807) is 17.1 Å². The van der Waals surface area contributed by atoms with Crippen molar-refractivity contribution in [1.82, 2.24) is 30.7 Å². The summed E-state index contributed by atoms with van der Waals surface area (Å²) < 4.78 is 19.8. The van der Waals surface area contributed by atoms with Gasteiger partial charge in [0.1, 0.15) is 41.7 Å².